The first-order valence-electron chi connectivity index (χ1n) is 2.86. The monoisotopic (exact) mass is 118 g/mol. The second-order valence-corrected chi connectivity index (χ2v) is 1.61. The summed E-state index contributed by atoms with van der Waals surface area (Å²) < 4.78 is 0. The smallest absolute Gasteiger partial charge is 0.0783 e. The Morgan fingerprint density at radius 3 is 2.56 bits per heavy atom. The lowest BCUT2D eigenvalue weighted by Gasteiger charge is -1.85. The van der Waals surface area contributed by atoms with Gasteiger partial charge in [0.05, 0.1) is 5.92 Å². The largest absolute Gasteiger partial charge is 0.102 e. The van der Waals surface area contributed by atoms with Gasteiger partial charge in [-0.05, 0) is 13.8 Å². The van der Waals surface area contributed by atoms with Crippen molar-refractivity contribution in [2.45, 2.75) is 13.3 Å². The van der Waals surface area contributed by atoms with Crippen LogP contribution in [0.5, 0.6) is 0 Å². The third-order valence-corrected chi connectivity index (χ3v) is 0.762. The Balaban J connectivity index is 3.71. The molecular weight excluding hydrogens is 108 g/mol. The molecule has 0 aromatic carbocycles. The third kappa shape index (κ3) is 4.98. The summed E-state index contributed by atoms with van der Waals surface area (Å²) >= 11 is 0. The molecule has 0 N–H and O–H groups in total. The van der Waals surface area contributed by atoms with Gasteiger partial charge in [-0.3, -0.25) is 0 Å². The van der Waals surface area contributed by atoms with Crippen LogP contribution in [-0.2, 0) is 0 Å². The molecule has 1 unspecified atom stereocenters. The second-order valence-electron chi connectivity index (χ2n) is 1.61. The molecule has 0 nitrogen and oxygen atoms in total. The van der Waals surface area contributed by atoms with Gasteiger partial charge in [-0.25, -0.2) is 0 Å². The Kier molecular flexibility index (Phi) is 4.75. The number of hydrogen-bond donors (Lipinski definition) is 0. The maximum absolute atomic E-state index is 3.58. The molecule has 0 fully saturated rings. The van der Waals surface area contributed by atoms with Crippen molar-refractivity contribution in [2.75, 3.05) is 0 Å². The van der Waals surface area contributed by atoms with Crippen LogP contribution in [0.2, 0.25) is 0 Å². The first kappa shape index (κ1) is 8.12. The van der Waals surface area contributed by atoms with Crippen molar-refractivity contribution in [2.24, 2.45) is 5.92 Å². The maximum atomic E-state index is 3.58. The zero-order valence-electron chi connectivity index (χ0n) is 5.70. The van der Waals surface area contributed by atoms with Crippen LogP contribution in [0, 0.1) is 43.4 Å². The van der Waals surface area contributed by atoms with Gasteiger partial charge in [-0.1, -0.05) is 11.8 Å². The van der Waals surface area contributed by atoms with E-state index in [9.17, 15) is 0 Å². The van der Waals surface area contributed by atoms with E-state index >= 15 is 0 Å². The van der Waals surface area contributed by atoms with Crippen LogP contribution in [-0.4, -0.2) is 0 Å². The molecule has 0 aliphatic heterocycles. The van der Waals surface area contributed by atoms with Crippen LogP contribution >= 0.6 is 0 Å². The fourth-order valence-electron chi connectivity index (χ4n) is 0.414. The van der Waals surface area contributed by atoms with Gasteiger partial charge in [0.1, 0.15) is 0 Å². The molecule has 0 bridgehead atoms. The van der Waals surface area contributed by atoms with Crippen molar-refractivity contribution in [1.29, 1.82) is 0 Å². The average Bonchev–Trinajstić information content (AvgIpc) is 1.85. The highest BCUT2D eigenvalue weighted by Crippen LogP contribution is 1.87. The molecule has 0 spiro atoms. The van der Waals surface area contributed by atoms with Crippen LogP contribution in [0.25, 0.3) is 0 Å². The predicted octanol–water partition coefficient (Wildman–Crippen LogP) is 1.69. The summed E-state index contributed by atoms with van der Waals surface area (Å²) in [6, 6.07) is 0. The standard InChI is InChI=1S/C9H10/c1-4-6-8-9(3)7-5-2/h9H,1-2,4H2,3H3. The summed E-state index contributed by atoms with van der Waals surface area (Å²) in [5.74, 6) is 11.3. The van der Waals surface area contributed by atoms with Crippen molar-refractivity contribution < 1.29 is 0 Å². The van der Waals surface area contributed by atoms with Crippen molar-refractivity contribution in [3.05, 3.63) is 13.8 Å². The van der Waals surface area contributed by atoms with Gasteiger partial charge in [-0.2, -0.15) is 0 Å². The van der Waals surface area contributed by atoms with E-state index in [1.54, 1.807) is 0 Å². The van der Waals surface area contributed by atoms with Gasteiger partial charge >= 0.3 is 0 Å². The molecule has 0 saturated carbocycles. The summed E-state index contributed by atoms with van der Waals surface area (Å²) in [5.41, 5.74) is 0. The Morgan fingerprint density at radius 1 is 1.44 bits per heavy atom. The van der Waals surface area contributed by atoms with Crippen LogP contribution in [0.3, 0.4) is 0 Å². The highest BCUT2D eigenvalue weighted by atomic mass is 13.9. The summed E-state index contributed by atoms with van der Waals surface area (Å²) in [6.07, 6.45) is 0.656. The summed E-state index contributed by atoms with van der Waals surface area (Å²) in [5, 5.41) is 0. The fraction of sp³-hybridized carbons (Fsp3) is 0.333. The van der Waals surface area contributed by atoms with Crippen LogP contribution in [0.15, 0.2) is 0 Å². The molecule has 46 valence electrons. The van der Waals surface area contributed by atoms with E-state index < -0.39 is 0 Å². The lowest BCUT2D eigenvalue weighted by atomic mass is 10.2. The Bertz CT molecular complexity index is 168. The van der Waals surface area contributed by atoms with Gasteiger partial charge in [0.2, 0.25) is 0 Å². The van der Waals surface area contributed by atoms with Crippen LogP contribution in [0.1, 0.15) is 13.3 Å². The van der Waals surface area contributed by atoms with Crippen molar-refractivity contribution in [1.82, 2.24) is 0 Å². The highest BCUT2D eigenvalue weighted by Gasteiger charge is 1.83. The summed E-state index contributed by atoms with van der Waals surface area (Å²) in [7, 11) is 0. The molecule has 0 amide bonds. The van der Waals surface area contributed by atoms with Crippen molar-refractivity contribution in [3.8, 4) is 23.7 Å². The third-order valence-electron chi connectivity index (χ3n) is 0.762. The van der Waals surface area contributed by atoms with Gasteiger partial charge in [0.25, 0.3) is 0 Å². The zero-order chi connectivity index (χ0) is 7.11. The minimum atomic E-state index is 0.143. The van der Waals surface area contributed by atoms with Gasteiger partial charge in [-0.15, -0.1) is 11.8 Å². The second kappa shape index (κ2) is 5.26. The molecule has 2 radical (unpaired) electrons. The molecule has 0 rings (SSSR count). The van der Waals surface area contributed by atoms with Crippen LogP contribution in [0.4, 0.5) is 0 Å². The molecular formula is C9H10. The Morgan fingerprint density at radius 2 is 2.11 bits per heavy atom. The molecule has 0 aromatic rings. The Labute approximate surface area is 57.7 Å². The fourth-order valence-corrected chi connectivity index (χ4v) is 0.414. The molecule has 0 heterocycles. The van der Waals surface area contributed by atoms with Crippen molar-refractivity contribution >= 4 is 0 Å². The number of rotatable bonds is 0. The predicted molar refractivity (Wildman–Crippen MR) is 40.0 cm³/mol. The maximum Gasteiger partial charge on any atom is 0.0783 e. The minimum Gasteiger partial charge on any atom is -0.102 e. The van der Waals surface area contributed by atoms with Crippen LogP contribution < -0.4 is 0 Å². The molecule has 0 heteroatoms. The molecule has 9 heavy (non-hydrogen) atoms. The van der Waals surface area contributed by atoms with E-state index in [4.69, 9.17) is 0 Å². The minimum absolute atomic E-state index is 0.143. The molecule has 0 aliphatic rings. The summed E-state index contributed by atoms with van der Waals surface area (Å²) in [6.45, 7) is 8.91. The van der Waals surface area contributed by atoms with Gasteiger partial charge in [0.15, 0.2) is 0 Å². The topological polar surface area (TPSA) is 0 Å². The van der Waals surface area contributed by atoms with Crippen molar-refractivity contribution in [3.63, 3.8) is 0 Å². The lowest BCUT2D eigenvalue weighted by Crippen LogP contribution is -1.81. The first-order chi connectivity index (χ1) is 4.31. The van der Waals surface area contributed by atoms with E-state index in [1.165, 1.54) is 0 Å². The molecule has 0 aromatic heterocycles. The summed E-state index contributed by atoms with van der Waals surface area (Å²) in [4.78, 5) is 0. The van der Waals surface area contributed by atoms with Gasteiger partial charge in [0, 0.05) is 13.3 Å². The molecule has 0 aliphatic carbocycles. The quantitative estimate of drug-likeness (QED) is 0.424. The normalized spacial score (nSPS) is 10.1. The van der Waals surface area contributed by atoms with E-state index in [2.05, 4.69) is 37.5 Å². The Hall–Kier alpha value is -0.880. The average molecular weight is 118 g/mol. The lowest BCUT2D eigenvalue weighted by molar-refractivity contribution is 1.02. The number of hydrogen-bond acceptors (Lipinski definition) is 0. The van der Waals surface area contributed by atoms with E-state index in [0.717, 1.165) is 0 Å². The van der Waals surface area contributed by atoms with E-state index in [1.807, 2.05) is 6.92 Å². The molecule has 0 saturated heterocycles. The van der Waals surface area contributed by atoms with Gasteiger partial charge < -0.3 is 0 Å². The van der Waals surface area contributed by atoms with E-state index in [-0.39, 0.29) is 5.92 Å². The van der Waals surface area contributed by atoms with E-state index in [0.29, 0.717) is 6.42 Å². The highest BCUT2D eigenvalue weighted by molar-refractivity contribution is 5.17. The zero-order valence-corrected chi connectivity index (χ0v) is 5.70. The molecule has 1 atom stereocenters. The SMILES string of the molecule is [CH2]C#CC(C)C#CC[CH2]. The first-order valence-corrected chi connectivity index (χ1v) is 2.86.